The molecule has 0 atom stereocenters. The minimum atomic E-state index is 0.713. The smallest absolute Gasteiger partial charge is 0.0747 e. The molecule has 0 spiro atoms. The van der Waals surface area contributed by atoms with Crippen LogP contribution in [0.25, 0.3) is 0 Å². The van der Waals surface area contributed by atoms with Crippen molar-refractivity contribution in [1.29, 1.82) is 0 Å². The second kappa shape index (κ2) is 4.21. The van der Waals surface area contributed by atoms with E-state index in [1.165, 1.54) is 25.7 Å². The summed E-state index contributed by atoms with van der Waals surface area (Å²) in [4.78, 5) is 3.30. The molecule has 1 aliphatic rings. The summed E-state index contributed by atoms with van der Waals surface area (Å²) in [6, 6.07) is 0.713. The molecule has 1 aliphatic carbocycles. The zero-order chi connectivity index (χ0) is 8.27. The van der Waals surface area contributed by atoms with Crippen molar-refractivity contribution >= 4 is 27.4 Å². The maximum absolute atomic E-state index is 5.15. The first-order valence-electron chi connectivity index (χ1n) is 4.17. The third-order valence-corrected chi connectivity index (χ3v) is 2.92. The van der Waals surface area contributed by atoms with Gasteiger partial charge in [0.25, 0.3) is 0 Å². The van der Waals surface area contributed by atoms with Gasteiger partial charge in [-0.2, -0.15) is 0 Å². The van der Waals surface area contributed by atoms with Crippen LogP contribution in [-0.4, -0.2) is 32.3 Å². The van der Waals surface area contributed by atoms with Gasteiger partial charge in [0.1, 0.15) is 0 Å². The highest BCUT2D eigenvalue weighted by Gasteiger charge is 2.20. The molecule has 3 radical (unpaired) electrons. The normalized spacial score (nSPS) is 18.7. The van der Waals surface area contributed by atoms with Gasteiger partial charge in [-0.1, -0.05) is 25.1 Å². The summed E-state index contributed by atoms with van der Waals surface area (Å²) in [5.74, 6) is 0. The van der Waals surface area contributed by atoms with Gasteiger partial charge in [-0.25, -0.2) is 0 Å². The first kappa shape index (κ1) is 9.20. The van der Waals surface area contributed by atoms with E-state index in [9.17, 15) is 0 Å². The second-order valence-corrected chi connectivity index (χ2v) is 3.99. The topological polar surface area (TPSA) is 3.24 Å². The van der Waals surface area contributed by atoms with E-state index in [4.69, 9.17) is 12.2 Å². The molecule has 0 heterocycles. The predicted molar refractivity (Wildman–Crippen MR) is 53.0 cm³/mol. The summed E-state index contributed by atoms with van der Waals surface area (Å²) in [6.45, 7) is 2.01. The fourth-order valence-corrected chi connectivity index (χ4v) is 2.54. The Morgan fingerprint density at radius 2 is 2.09 bits per heavy atom. The third-order valence-electron chi connectivity index (χ3n) is 2.34. The minimum Gasteiger partial charge on any atom is -0.367 e. The van der Waals surface area contributed by atoms with E-state index in [0.717, 1.165) is 11.2 Å². The van der Waals surface area contributed by atoms with Crippen LogP contribution >= 0.6 is 12.2 Å². The molecule has 0 amide bonds. The van der Waals surface area contributed by atoms with E-state index in [1.807, 2.05) is 6.92 Å². The summed E-state index contributed by atoms with van der Waals surface area (Å²) in [5.41, 5.74) is 0. The van der Waals surface area contributed by atoms with Crippen molar-refractivity contribution in [3.63, 3.8) is 0 Å². The van der Waals surface area contributed by atoms with Gasteiger partial charge >= 0.3 is 0 Å². The van der Waals surface area contributed by atoms with Crippen molar-refractivity contribution in [1.82, 2.24) is 4.90 Å². The van der Waals surface area contributed by atoms with E-state index in [0.29, 0.717) is 6.04 Å². The lowest BCUT2D eigenvalue weighted by Gasteiger charge is -2.28. The van der Waals surface area contributed by atoms with Gasteiger partial charge in [0, 0.05) is 12.2 Å². The quantitative estimate of drug-likeness (QED) is 0.475. The standard InChI is InChI=1S/C8H14NSSi/c1-7(10)9(6-11)8-4-2-3-5-8/h8H,2-6H2,1H3. The van der Waals surface area contributed by atoms with Crippen molar-refractivity contribution in [2.75, 3.05) is 6.17 Å². The lowest BCUT2D eigenvalue weighted by atomic mass is 10.2. The van der Waals surface area contributed by atoms with Crippen LogP contribution in [0.2, 0.25) is 0 Å². The average molecular weight is 184 g/mol. The molecule has 0 aliphatic heterocycles. The Bertz CT molecular complexity index is 143. The molecule has 0 bridgehead atoms. The molecule has 1 nitrogen and oxygen atoms in total. The molecule has 0 N–H and O–H groups in total. The van der Waals surface area contributed by atoms with Crippen LogP contribution in [0.3, 0.4) is 0 Å². The summed E-state index contributed by atoms with van der Waals surface area (Å²) >= 11 is 5.15. The van der Waals surface area contributed by atoms with Crippen molar-refractivity contribution in [2.45, 2.75) is 38.6 Å². The average Bonchev–Trinajstić information content (AvgIpc) is 2.40. The maximum Gasteiger partial charge on any atom is 0.0747 e. The molecule has 0 aromatic carbocycles. The number of thiocarbonyl (C=S) groups is 1. The molecular weight excluding hydrogens is 170 g/mol. The van der Waals surface area contributed by atoms with Gasteiger partial charge < -0.3 is 4.90 Å². The predicted octanol–water partition coefficient (Wildman–Crippen LogP) is 1.70. The van der Waals surface area contributed by atoms with Gasteiger partial charge in [-0.3, -0.25) is 0 Å². The molecule has 1 rings (SSSR count). The zero-order valence-corrected chi connectivity index (χ0v) is 8.78. The van der Waals surface area contributed by atoms with Crippen LogP contribution in [0.5, 0.6) is 0 Å². The summed E-state index contributed by atoms with van der Waals surface area (Å²) in [5, 5.41) is 0. The lowest BCUT2D eigenvalue weighted by Crippen LogP contribution is -2.37. The highest BCUT2D eigenvalue weighted by Crippen LogP contribution is 2.23. The Labute approximate surface area is 77.6 Å². The minimum absolute atomic E-state index is 0.713. The monoisotopic (exact) mass is 184 g/mol. The van der Waals surface area contributed by atoms with Crippen LogP contribution in [0.4, 0.5) is 0 Å². The van der Waals surface area contributed by atoms with E-state index < -0.39 is 0 Å². The lowest BCUT2D eigenvalue weighted by molar-refractivity contribution is 0.360. The Morgan fingerprint density at radius 1 is 1.55 bits per heavy atom. The van der Waals surface area contributed by atoms with E-state index in [2.05, 4.69) is 15.1 Å². The highest BCUT2D eigenvalue weighted by molar-refractivity contribution is 7.80. The fraction of sp³-hybridized carbons (Fsp3) is 0.875. The summed E-state index contributed by atoms with van der Waals surface area (Å²) < 4.78 is 0. The molecule has 1 fully saturated rings. The zero-order valence-electron chi connectivity index (χ0n) is 6.97. The first-order valence-corrected chi connectivity index (χ1v) is 5.29. The van der Waals surface area contributed by atoms with Gasteiger partial charge in [0.2, 0.25) is 0 Å². The second-order valence-electron chi connectivity index (χ2n) is 3.09. The molecule has 0 aromatic rings. The summed E-state index contributed by atoms with van der Waals surface area (Å²) in [7, 11) is 3.51. The van der Waals surface area contributed by atoms with Gasteiger partial charge in [0.15, 0.2) is 0 Å². The largest absolute Gasteiger partial charge is 0.367 e. The SMILES string of the molecule is CC(=S)N(C[Si])C1CCCC1. The Kier molecular flexibility index (Phi) is 3.52. The molecular formula is C8H14NSSi. The molecule has 61 valence electrons. The van der Waals surface area contributed by atoms with Gasteiger partial charge in [-0.05, 0) is 19.8 Å². The number of rotatable bonds is 2. The van der Waals surface area contributed by atoms with Crippen LogP contribution < -0.4 is 0 Å². The number of hydrogen-bond acceptors (Lipinski definition) is 1. The number of hydrogen-bond donors (Lipinski definition) is 0. The van der Waals surface area contributed by atoms with Crippen LogP contribution in [-0.2, 0) is 0 Å². The Hall–Kier alpha value is 0.107. The number of nitrogens with zero attached hydrogens (tertiary/aromatic N) is 1. The fourth-order valence-electron chi connectivity index (χ4n) is 1.71. The Balaban J connectivity index is 2.46. The summed E-state index contributed by atoms with van der Waals surface area (Å²) in [6.07, 6.45) is 6.27. The van der Waals surface area contributed by atoms with Gasteiger partial charge in [0.05, 0.1) is 15.2 Å². The molecule has 1 saturated carbocycles. The molecule has 0 aromatic heterocycles. The van der Waals surface area contributed by atoms with Crippen molar-refractivity contribution in [2.24, 2.45) is 0 Å². The van der Waals surface area contributed by atoms with Crippen molar-refractivity contribution in [3.8, 4) is 0 Å². The van der Waals surface area contributed by atoms with Crippen LogP contribution in [0.15, 0.2) is 0 Å². The van der Waals surface area contributed by atoms with E-state index >= 15 is 0 Å². The van der Waals surface area contributed by atoms with E-state index in [-0.39, 0.29) is 0 Å². The molecule has 3 heteroatoms. The molecule has 11 heavy (non-hydrogen) atoms. The van der Waals surface area contributed by atoms with Crippen LogP contribution in [0.1, 0.15) is 32.6 Å². The first-order chi connectivity index (χ1) is 5.25. The third kappa shape index (κ3) is 2.27. The maximum atomic E-state index is 5.15. The van der Waals surface area contributed by atoms with Gasteiger partial charge in [-0.15, -0.1) is 0 Å². The van der Waals surface area contributed by atoms with E-state index in [1.54, 1.807) is 0 Å². The molecule has 0 unspecified atom stereocenters. The molecule has 0 saturated heterocycles. The van der Waals surface area contributed by atoms with Crippen LogP contribution in [0, 0.1) is 0 Å². The van der Waals surface area contributed by atoms with Crippen molar-refractivity contribution < 1.29 is 0 Å². The Morgan fingerprint density at radius 3 is 2.45 bits per heavy atom. The highest BCUT2D eigenvalue weighted by atomic mass is 32.1. The van der Waals surface area contributed by atoms with Crippen molar-refractivity contribution in [3.05, 3.63) is 0 Å².